The molecule has 1 aliphatic rings. The fraction of sp³-hybridized carbons (Fsp3) is 0.294. The Balaban J connectivity index is 1.83. The molecule has 110 valence electrons. The minimum atomic E-state index is 0.159. The van der Waals surface area contributed by atoms with Gasteiger partial charge in [0, 0.05) is 15.8 Å². The number of ether oxygens (including phenoxy) is 2. The number of fused-ring (bicyclic) bond motifs is 1. The van der Waals surface area contributed by atoms with E-state index in [1.165, 1.54) is 10.5 Å². The summed E-state index contributed by atoms with van der Waals surface area (Å²) in [5, 5.41) is 0. The van der Waals surface area contributed by atoms with E-state index in [2.05, 4.69) is 30.3 Å². The Bertz CT molecular complexity index is 628. The average molecular weight is 301 g/mol. The molecule has 3 rings (SSSR count). The number of hydrogen-bond donors (Lipinski definition) is 1. The molecule has 0 fully saturated rings. The van der Waals surface area contributed by atoms with E-state index in [-0.39, 0.29) is 6.04 Å². The normalized spacial score (nSPS) is 14.8. The van der Waals surface area contributed by atoms with Crippen LogP contribution in [-0.4, -0.2) is 19.3 Å². The van der Waals surface area contributed by atoms with Gasteiger partial charge in [-0.1, -0.05) is 30.0 Å². The Morgan fingerprint density at radius 1 is 1.10 bits per heavy atom. The second-order valence-electron chi connectivity index (χ2n) is 5.20. The molecule has 2 aromatic carbocycles. The molecule has 1 heterocycles. The van der Waals surface area contributed by atoms with Crippen LogP contribution in [-0.2, 0) is 6.42 Å². The van der Waals surface area contributed by atoms with Crippen LogP contribution in [0.1, 0.15) is 12.5 Å². The van der Waals surface area contributed by atoms with E-state index in [9.17, 15) is 0 Å². The quantitative estimate of drug-likeness (QED) is 0.939. The van der Waals surface area contributed by atoms with Crippen LogP contribution in [0.4, 0.5) is 0 Å². The Labute approximate surface area is 129 Å². The van der Waals surface area contributed by atoms with Crippen molar-refractivity contribution in [2.24, 2.45) is 5.73 Å². The van der Waals surface area contributed by atoms with Crippen molar-refractivity contribution in [2.45, 2.75) is 29.2 Å². The van der Waals surface area contributed by atoms with Crippen molar-refractivity contribution in [1.29, 1.82) is 0 Å². The standard InChI is InChI=1S/C17H19NO2S/c1-12(18)10-13-4-2-3-5-17(13)21-14-6-7-15-16(11-14)20-9-8-19-15/h2-7,11-12H,8-10,18H2,1H3. The largest absolute Gasteiger partial charge is 0.486 e. The molecule has 1 atom stereocenters. The first-order chi connectivity index (χ1) is 10.2. The molecule has 21 heavy (non-hydrogen) atoms. The van der Waals surface area contributed by atoms with Gasteiger partial charge in [0.15, 0.2) is 11.5 Å². The number of benzene rings is 2. The molecule has 0 radical (unpaired) electrons. The van der Waals surface area contributed by atoms with Crippen LogP contribution in [0.5, 0.6) is 11.5 Å². The number of rotatable bonds is 4. The third-order valence-corrected chi connectivity index (χ3v) is 4.36. The lowest BCUT2D eigenvalue weighted by Crippen LogP contribution is -2.18. The van der Waals surface area contributed by atoms with Crippen molar-refractivity contribution >= 4 is 11.8 Å². The van der Waals surface area contributed by atoms with E-state index < -0.39 is 0 Å². The average Bonchev–Trinajstić information content (AvgIpc) is 2.49. The van der Waals surface area contributed by atoms with Crippen molar-refractivity contribution in [3.63, 3.8) is 0 Å². The van der Waals surface area contributed by atoms with Gasteiger partial charge in [-0.15, -0.1) is 0 Å². The van der Waals surface area contributed by atoms with Crippen molar-refractivity contribution < 1.29 is 9.47 Å². The maximum atomic E-state index is 5.93. The van der Waals surface area contributed by atoms with Gasteiger partial charge in [-0.2, -0.15) is 0 Å². The highest BCUT2D eigenvalue weighted by Crippen LogP contribution is 2.37. The lowest BCUT2D eigenvalue weighted by atomic mass is 10.1. The first-order valence-corrected chi connectivity index (χ1v) is 7.95. The zero-order valence-corrected chi connectivity index (χ0v) is 12.9. The van der Waals surface area contributed by atoms with Crippen LogP contribution in [0.25, 0.3) is 0 Å². The molecule has 0 spiro atoms. The van der Waals surface area contributed by atoms with Gasteiger partial charge in [0.05, 0.1) is 0 Å². The predicted molar refractivity (Wildman–Crippen MR) is 85.4 cm³/mol. The van der Waals surface area contributed by atoms with Gasteiger partial charge in [-0.3, -0.25) is 0 Å². The summed E-state index contributed by atoms with van der Waals surface area (Å²) in [5.41, 5.74) is 7.22. The van der Waals surface area contributed by atoms with E-state index in [0.29, 0.717) is 13.2 Å². The summed E-state index contributed by atoms with van der Waals surface area (Å²) in [4.78, 5) is 2.39. The summed E-state index contributed by atoms with van der Waals surface area (Å²) in [6.45, 7) is 3.27. The first kappa shape index (κ1) is 14.3. The smallest absolute Gasteiger partial charge is 0.162 e. The van der Waals surface area contributed by atoms with Gasteiger partial charge in [-0.05, 0) is 43.2 Å². The molecule has 0 amide bonds. The monoisotopic (exact) mass is 301 g/mol. The molecule has 0 saturated carbocycles. The van der Waals surface area contributed by atoms with E-state index in [0.717, 1.165) is 22.8 Å². The van der Waals surface area contributed by atoms with E-state index in [1.807, 2.05) is 19.1 Å². The molecule has 1 unspecified atom stereocenters. The molecule has 1 aliphatic heterocycles. The van der Waals surface area contributed by atoms with Crippen molar-refractivity contribution in [1.82, 2.24) is 0 Å². The molecule has 4 heteroatoms. The van der Waals surface area contributed by atoms with Crippen LogP contribution in [0.2, 0.25) is 0 Å². The Morgan fingerprint density at radius 3 is 2.67 bits per heavy atom. The summed E-state index contributed by atoms with van der Waals surface area (Å²) < 4.78 is 11.2. The molecular weight excluding hydrogens is 282 g/mol. The summed E-state index contributed by atoms with van der Waals surface area (Å²) >= 11 is 1.74. The maximum absolute atomic E-state index is 5.93. The third kappa shape index (κ3) is 3.52. The van der Waals surface area contributed by atoms with Gasteiger partial charge in [0.2, 0.25) is 0 Å². The number of nitrogens with two attached hydrogens (primary N) is 1. The number of hydrogen-bond acceptors (Lipinski definition) is 4. The zero-order chi connectivity index (χ0) is 14.7. The molecule has 2 aromatic rings. The summed E-state index contributed by atoms with van der Waals surface area (Å²) in [6, 6.07) is 14.7. The van der Waals surface area contributed by atoms with Crippen LogP contribution < -0.4 is 15.2 Å². The Morgan fingerprint density at radius 2 is 1.86 bits per heavy atom. The van der Waals surface area contributed by atoms with Gasteiger partial charge >= 0.3 is 0 Å². The van der Waals surface area contributed by atoms with E-state index >= 15 is 0 Å². The molecule has 0 bridgehead atoms. The molecular formula is C17H19NO2S. The van der Waals surface area contributed by atoms with Crippen molar-refractivity contribution in [2.75, 3.05) is 13.2 Å². The lowest BCUT2D eigenvalue weighted by molar-refractivity contribution is 0.171. The maximum Gasteiger partial charge on any atom is 0.162 e. The molecule has 0 aliphatic carbocycles. The highest BCUT2D eigenvalue weighted by Gasteiger charge is 2.13. The van der Waals surface area contributed by atoms with Gasteiger partial charge < -0.3 is 15.2 Å². The summed E-state index contributed by atoms with van der Waals surface area (Å²) in [7, 11) is 0. The van der Waals surface area contributed by atoms with Gasteiger partial charge in [0.1, 0.15) is 13.2 Å². The van der Waals surface area contributed by atoms with Gasteiger partial charge in [-0.25, -0.2) is 0 Å². The minimum Gasteiger partial charge on any atom is -0.486 e. The minimum absolute atomic E-state index is 0.159. The highest BCUT2D eigenvalue weighted by atomic mass is 32.2. The van der Waals surface area contributed by atoms with Crippen LogP contribution >= 0.6 is 11.8 Å². The van der Waals surface area contributed by atoms with E-state index in [1.54, 1.807) is 11.8 Å². The first-order valence-electron chi connectivity index (χ1n) is 7.13. The SMILES string of the molecule is CC(N)Cc1ccccc1Sc1ccc2c(c1)OCCO2. The second kappa shape index (κ2) is 6.41. The Kier molecular flexibility index (Phi) is 4.36. The summed E-state index contributed by atoms with van der Waals surface area (Å²) in [6.07, 6.45) is 0.883. The Hall–Kier alpha value is -1.65. The molecule has 0 saturated heterocycles. The molecule has 2 N–H and O–H groups in total. The van der Waals surface area contributed by atoms with Crippen molar-refractivity contribution in [3.8, 4) is 11.5 Å². The van der Waals surface area contributed by atoms with Crippen LogP contribution in [0.15, 0.2) is 52.3 Å². The molecule has 0 aromatic heterocycles. The van der Waals surface area contributed by atoms with Crippen molar-refractivity contribution in [3.05, 3.63) is 48.0 Å². The van der Waals surface area contributed by atoms with Gasteiger partial charge in [0.25, 0.3) is 0 Å². The fourth-order valence-corrected chi connectivity index (χ4v) is 3.32. The lowest BCUT2D eigenvalue weighted by Gasteiger charge is -2.19. The van der Waals surface area contributed by atoms with E-state index in [4.69, 9.17) is 15.2 Å². The topological polar surface area (TPSA) is 44.5 Å². The van der Waals surface area contributed by atoms with Crippen LogP contribution in [0, 0.1) is 0 Å². The predicted octanol–water partition coefficient (Wildman–Crippen LogP) is 3.50. The summed E-state index contributed by atoms with van der Waals surface area (Å²) in [5.74, 6) is 1.66. The third-order valence-electron chi connectivity index (χ3n) is 3.26. The fourth-order valence-electron chi connectivity index (χ4n) is 2.33. The molecule has 3 nitrogen and oxygen atoms in total. The highest BCUT2D eigenvalue weighted by molar-refractivity contribution is 7.99. The second-order valence-corrected chi connectivity index (χ2v) is 6.31. The zero-order valence-electron chi connectivity index (χ0n) is 12.0. The van der Waals surface area contributed by atoms with Crippen LogP contribution in [0.3, 0.4) is 0 Å².